The van der Waals surface area contributed by atoms with Crippen LogP contribution in [0.2, 0.25) is 0 Å². The molecule has 1 saturated heterocycles. The van der Waals surface area contributed by atoms with E-state index in [1.807, 2.05) is 0 Å². The second-order valence-corrected chi connectivity index (χ2v) is 8.15. The summed E-state index contributed by atoms with van der Waals surface area (Å²) < 4.78 is 0. The summed E-state index contributed by atoms with van der Waals surface area (Å²) in [6.07, 6.45) is 5.87. The van der Waals surface area contributed by atoms with E-state index in [1.54, 1.807) is 0 Å². The van der Waals surface area contributed by atoms with Crippen LogP contribution in [0.3, 0.4) is 0 Å². The summed E-state index contributed by atoms with van der Waals surface area (Å²) in [6.45, 7) is 4.02. The monoisotopic (exact) mass is 343 g/mol. The molecule has 1 aliphatic heterocycles. The Morgan fingerprint density at radius 1 is 1.12 bits per heavy atom. The zero-order chi connectivity index (χ0) is 17.6. The minimum atomic E-state index is 0.247. The largest absolute Gasteiger partial charge is 0.351 e. The van der Waals surface area contributed by atoms with E-state index in [4.69, 9.17) is 0 Å². The van der Waals surface area contributed by atoms with Crippen LogP contribution in [0.15, 0.2) is 30.3 Å². The molecule has 3 rings (SSSR count). The number of carbonyl (C=O) groups excluding carboxylic acids is 1. The zero-order valence-corrected chi connectivity index (χ0v) is 15.8. The average Bonchev–Trinajstić information content (AvgIpc) is 2.96. The molecule has 1 aliphatic carbocycles. The van der Waals surface area contributed by atoms with E-state index in [0.717, 1.165) is 39.0 Å². The van der Waals surface area contributed by atoms with Gasteiger partial charge in [-0.25, -0.2) is 0 Å². The Balaban J connectivity index is 1.59. The lowest BCUT2D eigenvalue weighted by Crippen LogP contribution is -2.46. The van der Waals surface area contributed by atoms with Crippen LogP contribution in [0.4, 0.5) is 0 Å². The van der Waals surface area contributed by atoms with Crippen molar-refractivity contribution in [2.75, 3.05) is 33.7 Å². The summed E-state index contributed by atoms with van der Waals surface area (Å²) in [5, 5.41) is 3.41. The topological polar surface area (TPSA) is 35.6 Å². The molecular weight excluding hydrogens is 310 g/mol. The maximum absolute atomic E-state index is 12.7. The van der Waals surface area contributed by atoms with Crippen LogP contribution in [0.25, 0.3) is 0 Å². The first-order chi connectivity index (χ1) is 12.1. The fraction of sp³-hybridized carbons (Fsp3) is 0.667. The highest BCUT2D eigenvalue weighted by atomic mass is 16.2. The van der Waals surface area contributed by atoms with Gasteiger partial charge in [0.1, 0.15) is 0 Å². The molecule has 0 aromatic heterocycles. The lowest BCUT2D eigenvalue weighted by molar-refractivity contribution is -0.126. The Kier molecular flexibility index (Phi) is 6.49. The van der Waals surface area contributed by atoms with Gasteiger partial charge in [-0.2, -0.15) is 0 Å². The van der Waals surface area contributed by atoms with Crippen molar-refractivity contribution < 1.29 is 4.79 Å². The predicted octanol–water partition coefficient (Wildman–Crippen LogP) is 2.75. The number of likely N-dealkylation sites (tertiary alicyclic amines) is 1. The number of benzene rings is 1. The molecule has 2 fully saturated rings. The van der Waals surface area contributed by atoms with E-state index in [-0.39, 0.29) is 12.0 Å². The molecule has 1 N–H and O–H groups in total. The Morgan fingerprint density at radius 2 is 1.84 bits per heavy atom. The summed E-state index contributed by atoms with van der Waals surface area (Å²) >= 11 is 0. The first-order valence-corrected chi connectivity index (χ1v) is 9.83. The predicted molar refractivity (Wildman–Crippen MR) is 102 cm³/mol. The molecule has 0 radical (unpaired) electrons. The quantitative estimate of drug-likeness (QED) is 0.863. The molecule has 1 saturated carbocycles. The summed E-state index contributed by atoms with van der Waals surface area (Å²) in [5.41, 5.74) is 1.35. The van der Waals surface area contributed by atoms with Crippen LogP contribution in [-0.2, 0) is 11.3 Å². The minimum absolute atomic E-state index is 0.247. The van der Waals surface area contributed by atoms with Crippen LogP contribution in [0, 0.1) is 11.8 Å². The first-order valence-electron chi connectivity index (χ1n) is 9.83. The van der Waals surface area contributed by atoms with E-state index in [2.05, 4.69) is 59.5 Å². The van der Waals surface area contributed by atoms with Crippen molar-refractivity contribution in [3.8, 4) is 0 Å². The van der Waals surface area contributed by atoms with Crippen LogP contribution in [-0.4, -0.2) is 55.5 Å². The molecule has 138 valence electrons. The third kappa shape index (κ3) is 5.29. The van der Waals surface area contributed by atoms with Crippen molar-refractivity contribution in [2.45, 2.75) is 44.7 Å². The van der Waals surface area contributed by atoms with Crippen molar-refractivity contribution >= 4 is 5.91 Å². The van der Waals surface area contributed by atoms with Crippen molar-refractivity contribution in [2.24, 2.45) is 11.8 Å². The Morgan fingerprint density at radius 3 is 2.52 bits per heavy atom. The molecule has 0 bridgehead atoms. The number of amides is 1. The zero-order valence-electron chi connectivity index (χ0n) is 15.8. The Hall–Kier alpha value is -1.39. The van der Waals surface area contributed by atoms with Gasteiger partial charge in [-0.15, -0.1) is 0 Å². The third-order valence-electron chi connectivity index (χ3n) is 5.67. The van der Waals surface area contributed by atoms with Gasteiger partial charge in [0.05, 0.1) is 0 Å². The number of nitrogens with zero attached hydrogens (tertiary/aromatic N) is 2. The number of hydrogen-bond acceptors (Lipinski definition) is 3. The molecule has 2 aliphatic rings. The summed E-state index contributed by atoms with van der Waals surface area (Å²) in [7, 11) is 4.25. The van der Waals surface area contributed by atoms with Crippen LogP contribution >= 0.6 is 0 Å². The highest BCUT2D eigenvalue weighted by Gasteiger charge is 2.35. The van der Waals surface area contributed by atoms with Gasteiger partial charge in [0.2, 0.25) is 5.91 Å². The van der Waals surface area contributed by atoms with Crippen molar-refractivity contribution in [3.05, 3.63) is 35.9 Å². The van der Waals surface area contributed by atoms with Crippen molar-refractivity contribution in [3.63, 3.8) is 0 Å². The van der Waals surface area contributed by atoms with Crippen molar-refractivity contribution in [1.82, 2.24) is 15.1 Å². The standard InChI is InChI=1S/C21H33N3O/c1-23(2)14-19-15-24(13-17-9-5-3-6-10-17)16-20(19)22-21(25)18-11-7-4-8-12-18/h3,5-6,9-10,18-20H,4,7-8,11-16H2,1-2H3,(H,22,25)/t19-,20-/m1/s1. The summed E-state index contributed by atoms with van der Waals surface area (Å²) in [4.78, 5) is 17.4. The summed E-state index contributed by atoms with van der Waals surface area (Å²) in [6, 6.07) is 10.9. The van der Waals surface area contributed by atoms with Crippen LogP contribution in [0.1, 0.15) is 37.7 Å². The molecule has 0 unspecified atom stereocenters. The normalized spacial score (nSPS) is 25.4. The van der Waals surface area contributed by atoms with Gasteiger partial charge >= 0.3 is 0 Å². The maximum atomic E-state index is 12.7. The van der Waals surface area contributed by atoms with Crippen LogP contribution < -0.4 is 5.32 Å². The summed E-state index contributed by atoms with van der Waals surface area (Å²) in [5.74, 6) is 1.05. The SMILES string of the molecule is CN(C)C[C@@H]1CN(Cc2ccccc2)C[C@H]1NC(=O)C1CCCCC1. The smallest absolute Gasteiger partial charge is 0.223 e. The van der Waals surface area contributed by atoms with Crippen LogP contribution in [0.5, 0.6) is 0 Å². The fourth-order valence-electron chi connectivity index (χ4n) is 4.41. The van der Waals surface area contributed by atoms with Gasteiger partial charge < -0.3 is 10.2 Å². The second-order valence-electron chi connectivity index (χ2n) is 8.15. The highest BCUT2D eigenvalue weighted by Crippen LogP contribution is 2.25. The molecule has 1 aromatic carbocycles. The second kappa shape index (κ2) is 8.81. The molecule has 25 heavy (non-hydrogen) atoms. The molecule has 0 spiro atoms. The molecule has 1 aromatic rings. The molecule has 2 atom stereocenters. The molecule has 1 amide bonds. The maximum Gasteiger partial charge on any atom is 0.223 e. The first kappa shape index (κ1) is 18.4. The lowest BCUT2D eigenvalue weighted by Gasteiger charge is -2.26. The third-order valence-corrected chi connectivity index (χ3v) is 5.67. The molecule has 1 heterocycles. The van der Waals surface area contributed by atoms with E-state index >= 15 is 0 Å². The number of rotatable bonds is 6. The fourth-order valence-corrected chi connectivity index (χ4v) is 4.41. The van der Waals surface area contributed by atoms with Gasteiger partial charge in [-0.05, 0) is 32.5 Å². The van der Waals surface area contributed by atoms with Crippen molar-refractivity contribution in [1.29, 1.82) is 0 Å². The lowest BCUT2D eigenvalue weighted by atomic mass is 9.88. The van der Waals surface area contributed by atoms with E-state index < -0.39 is 0 Å². The van der Waals surface area contributed by atoms with E-state index in [0.29, 0.717) is 11.8 Å². The Bertz CT molecular complexity index is 539. The van der Waals surface area contributed by atoms with E-state index in [1.165, 1.54) is 24.8 Å². The number of hydrogen-bond donors (Lipinski definition) is 1. The Labute approximate surface area is 152 Å². The number of nitrogens with one attached hydrogen (secondary N) is 1. The minimum Gasteiger partial charge on any atom is -0.351 e. The van der Waals surface area contributed by atoms with Gasteiger partial charge in [0.25, 0.3) is 0 Å². The van der Waals surface area contributed by atoms with Gasteiger partial charge in [0.15, 0.2) is 0 Å². The van der Waals surface area contributed by atoms with Gasteiger partial charge in [0, 0.05) is 44.1 Å². The average molecular weight is 344 g/mol. The highest BCUT2D eigenvalue weighted by molar-refractivity contribution is 5.79. The molecule has 4 heteroatoms. The number of carbonyl (C=O) groups is 1. The molecule has 4 nitrogen and oxygen atoms in total. The van der Waals surface area contributed by atoms with Gasteiger partial charge in [-0.1, -0.05) is 49.6 Å². The van der Waals surface area contributed by atoms with Gasteiger partial charge in [-0.3, -0.25) is 9.69 Å². The van der Waals surface area contributed by atoms with E-state index in [9.17, 15) is 4.79 Å². The molecular formula is C21H33N3O.